The number of nitrogens with zero attached hydrogens (tertiary/aromatic N) is 1. The van der Waals surface area contributed by atoms with Crippen LogP contribution >= 0.6 is 0 Å². The van der Waals surface area contributed by atoms with E-state index in [0.29, 0.717) is 13.1 Å². The van der Waals surface area contributed by atoms with E-state index in [-0.39, 0.29) is 6.09 Å². The fraction of sp³-hybridized carbons (Fsp3) is 0.588. The van der Waals surface area contributed by atoms with Crippen molar-refractivity contribution in [3.05, 3.63) is 29.8 Å². The zero-order valence-corrected chi connectivity index (χ0v) is 13.9. The Balaban J connectivity index is 2.41. The van der Waals surface area contributed by atoms with Crippen LogP contribution in [0.3, 0.4) is 0 Å². The Morgan fingerprint density at radius 3 is 2.64 bits per heavy atom. The summed E-state index contributed by atoms with van der Waals surface area (Å²) in [6, 6.07) is 7.74. The molecule has 0 saturated carbocycles. The topological polar surface area (TPSA) is 64.8 Å². The van der Waals surface area contributed by atoms with Gasteiger partial charge in [0.15, 0.2) is 0 Å². The number of methoxy groups -OCH3 is 1. The number of para-hydroxylation sites is 1. The van der Waals surface area contributed by atoms with Gasteiger partial charge in [-0.2, -0.15) is 0 Å². The van der Waals surface area contributed by atoms with Gasteiger partial charge in [-0.05, 0) is 39.7 Å². The molecular weight excluding hydrogens is 280 g/mol. The molecule has 0 spiro atoms. The Morgan fingerprint density at radius 1 is 1.36 bits per heavy atom. The highest BCUT2D eigenvalue weighted by molar-refractivity contribution is 5.70. The molecule has 1 heterocycles. The van der Waals surface area contributed by atoms with E-state index in [2.05, 4.69) is 0 Å². The largest absolute Gasteiger partial charge is 0.496 e. The number of amides is 1. The molecule has 22 heavy (non-hydrogen) atoms. The van der Waals surface area contributed by atoms with Gasteiger partial charge in [0, 0.05) is 18.7 Å². The molecule has 1 unspecified atom stereocenters. The highest BCUT2D eigenvalue weighted by Crippen LogP contribution is 2.42. The van der Waals surface area contributed by atoms with Gasteiger partial charge in [0.05, 0.1) is 12.6 Å². The third kappa shape index (κ3) is 3.04. The summed E-state index contributed by atoms with van der Waals surface area (Å²) in [7, 11) is 1.63. The lowest BCUT2D eigenvalue weighted by molar-refractivity contribution is 0.00791. The molecule has 2 N–H and O–H groups in total. The Labute approximate surface area is 132 Å². The maximum Gasteiger partial charge on any atom is 0.411 e. The normalized spacial score (nSPS) is 21.8. The van der Waals surface area contributed by atoms with Crippen LogP contribution in [-0.2, 0) is 10.3 Å². The smallest absolute Gasteiger partial charge is 0.411 e. The van der Waals surface area contributed by atoms with Crippen LogP contribution in [0.1, 0.15) is 39.2 Å². The second-order valence-corrected chi connectivity index (χ2v) is 6.67. The van der Waals surface area contributed by atoms with Crippen LogP contribution in [0.2, 0.25) is 0 Å². The molecule has 1 saturated heterocycles. The van der Waals surface area contributed by atoms with Crippen molar-refractivity contribution in [2.75, 3.05) is 20.2 Å². The van der Waals surface area contributed by atoms with Gasteiger partial charge in [0.2, 0.25) is 0 Å². The Hall–Kier alpha value is -1.75. The maximum atomic E-state index is 12.6. The summed E-state index contributed by atoms with van der Waals surface area (Å²) in [5.41, 5.74) is 5.97. The summed E-state index contributed by atoms with van der Waals surface area (Å²) < 4.78 is 11.0. The highest BCUT2D eigenvalue weighted by Gasteiger charge is 2.47. The van der Waals surface area contributed by atoms with E-state index in [1.54, 1.807) is 12.0 Å². The molecule has 0 radical (unpaired) electrons. The molecule has 1 aromatic rings. The lowest BCUT2D eigenvalue weighted by Crippen LogP contribution is -2.51. The average Bonchev–Trinajstić information content (AvgIpc) is 2.90. The van der Waals surface area contributed by atoms with Crippen molar-refractivity contribution in [2.24, 2.45) is 5.73 Å². The quantitative estimate of drug-likeness (QED) is 0.932. The molecule has 1 amide bonds. The van der Waals surface area contributed by atoms with Crippen molar-refractivity contribution >= 4 is 6.09 Å². The third-order valence-electron chi connectivity index (χ3n) is 4.05. The molecule has 5 nitrogen and oxygen atoms in total. The zero-order valence-electron chi connectivity index (χ0n) is 13.9. The second kappa shape index (κ2) is 6.16. The summed E-state index contributed by atoms with van der Waals surface area (Å²) in [5, 5.41) is 0. The van der Waals surface area contributed by atoms with Gasteiger partial charge >= 0.3 is 6.09 Å². The number of carbonyl (C=O) groups is 1. The molecule has 0 aliphatic carbocycles. The van der Waals surface area contributed by atoms with Gasteiger partial charge in [-0.3, -0.25) is 4.90 Å². The van der Waals surface area contributed by atoms with Gasteiger partial charge in [-0.1, -0.05) is 18.2 Å². The number of carbonyl (C=O) groups excluding carboxylic acids is 1. The summed E-state index contributed by atoms with van der Waals surface area (Å²) >= 11 is 0. The van der Waals surface area contributed by atoms with E-state index in [9.17, 15) is 4.79 Å². The van der Waals surface area contributed by atoms with Crippen LogP contribution in [-0.4, -0.2) is 36.8 Å². The fourth-order valence-corrected chi connectivity index (χ4v) is 3.09. The standard InChI is InChI=1S/C17H26N2O3/c1-16(2,3)22-15(20)19-11-7-10-17(19,12-18)13-8-5-6-9-14(13)21-4/h5-6,8-9H,7,10-12,18H2,1-4H3. The van der Waals surface area contributed by atoms with Crippen molar-refractivity contribution in [2.45, 2.75) is 44.8 Å². The van der Waals surface area contributed by atoms with Crippen LogP contribution in [0.15, 0.2) is 24.3 Å². The molecule has 1 atom stereocenters. The average molecular weight is 306 g/mol. The second-order valence-electron chi connectivity index (χ2n) is 6.67. The van der Waals surface area contributed by atoms with Gasteiger partial charge in [0.25, 0.3) is 0 Å². The molecule has 0 bridgehead atoms. The molecule has 122 valence electrons. The van der Waals surface area contributed by atoms with Crippen LogP contribution < -0.4 is 10.5 Å². The molecule has 5 heteroatoms. The number of nitrogens with two attached hydrogens (primary N) is 1. The number of rotatable bonds is 3. The number of hydrogen-bond donors (Lipinski definition) is 1. The fourth-order valence-electron chi connectivity index (χ4n) is 3.09. The minimum absolute atomic E-state index is 0.318. The molecule has 2 rings (SSSR count). The number of hydrogen-bond acceptors (Lipinski definition) is 4. The van der Waals surface area contributed by atoms with Crippen LogP contribution in [0.5, 0.6) is 5.75 Å². The van der Waals surface area contributed by atoms with E-state index in [1.807, 2.05) is 45.0 Å². The molecule has 1 aliphatic heterocycles. The first-order chi connectivity index (χ1) is 10.3. The number of benzene rings is 1. The lowest BCUT2D eigenvalue weighted by Gasteiger charge is -2.39. The summed E-state index contributed by atoms with van der Waals surface area (Å²) in [6.07, 6.45) is 1.39. The first-order valence-electron chi connectivity index (χ1n) is 7.68. The minimum Gasteiger partial charge on any atom is -0.496 e. The van der Waals surface area contributed by atoms with Gasteiger partial charge in [0.1, 0.15) is 11.4 Å². The Kier molecular flexibility index (Phi) is 4.66. The maximum absolute atomic E-state index is 12.6. The summed E-state index contributed by atoms with van der Waals surface area (Å²) in [6.45, 7) is 6.59. The van der Waals surface area contributed by atoms with E-state index < -0.39 is 11.1 Å². The van der Waals surface area contributed by atoms with Gasteiger partial charge < -0.3 is 15.2 Å². The Bertz CT molecular complexity index is 539. The molecule has 0 aromatic heterocycles. The highest BCUT2D eigenvalue weighted by atomic mass is 16.6. The SMILES string of the molecule is COc1ccccc1C1(CN)CCCN1C(=O)OC(C)(C)C. The molecule has 1 fully saturated rings. The monoisotopic (exact) mass is 306 g/mol. The molecular formula is C17H26N2O3. The summed E-state index contributed by atoms with van der Waals surface area (Å²) in [5.74, 6) is 0.753. The van der Waals surface area contributed by atoms with E-state index in [0.717, 1.165) is 24.2 Å². The van der Waals surface area contributed by atoms with Gasteiger partial charge in [-0.15, -0.1) is 0 Å². The molecule has 1 aromatic carbocycles. The number of likely N-dealkylation sites (tertiary alicyclic amines) is 1. The van der Waals surface area contributed by atoms with Crippen LogP contribution in [0.4, 0.5) is 4.79 Å². The predicted octanol–water partition coefficient (Wildman–Crippen LogP) is 2.88. The van der Waals surface area contributed by atoms with Crippen LogP contribution in [0.25, 0.3) is 0 Å². The first-order valence-corrected chi connectivity index (χ1v) is 7.68. The Morgan fingerprint density at radius 2 is 2.05 bits per heavy atom. The lowest BCUT2D eigenvalue weighted by atomic mass is 9.86. The predicted molar refractivity (Wildman–Crippen MR) is 85.9 cm³/mol. The van der Waals surface area contributed by atoms with Crippen molar-refractivity contribution in [1.29, 1.82) is 0 Å². The zero-order chi connectivity index (χ0) is 16.4. The van der Waals surface area contributed by atoms with Crippen molar-refractivity contribution in [1.82, 2.24) is 4.90 Å². The van der Waals surface area contributed by atoms with Crippen molar-refractivity contribution < 1.29 is 14.3 Å². The first kappa shape index (κ1) is 16.6. The third-order valence-corrected chi connectivity index (χ3v) is 4.05. The van der Waals surface area contributed by atoms with Crippen molar-refractivity contribution in [3.63, 3.8) is 0 Å². The summed E-state index contributed by atoms with van der Waals surface area (Å²) in [4.78, 5) is 14.4. The molecule has 1 aliphatic rings. The van der Waals surface area contributed by atoms with Crippen molar-refractivity contribution in [3.8, 4) is 5.75 Å². The van der Waals surface area contributed by atoms with E-state index in [1.165, 1.54) is 0 Å². The van der Waals surface area contributed by atoms with Crippen LogP contribution in [0, 0.1) is 0 Å². The minimum atomic E-state index is -0.561. The van der Waals surface area contributed by atoms with E-state index >= 15 is 0 Å². The van der Waals surface area contributed by atoms with E-state index in [4.69, 9.17) is 15.2 Å². The van der Waals surface area contributed by atoms with Gasteiger partial charge in [-0.25, -0.2) is 4.79 Å². The number of ether oxygens (including phenoxy) is 2.